The standard InChI is InChI=1S/C17H21NO2/c1-3-12-6-5-7-13-14-8-11-20-17(4-2,9-10-19)16(14)18-15(12)13/h5-7,10,18H,3-4,8-9,11H2,1-2H3/t17-/m1/s1. The van der Waals surface area contributed by atoms with Crippen LogP contribution in [0.15, 0.2) is 18.2 Å². The summed E-state index contributed by atoms with van der Waals surface area (Å²) < 4.78 is 6.02. The molecule has 3 nitrogen and oxygen atoms in total. The number of carbonyl (C=O) groups is 1. The van der Waals surface area contributed by atoms with E-state index in [9.17, 15) is 4.79 Å². The van der Waals surface area contributed by atoms with E-state index >= 15 is 0 Å². The molecule has 1 aliphatic rings. The zero-order chi connectivity index (χ0) is 14.2. The number of rotatable bonds is 4. The summed E-state index contributed by atoms with van der Waals surface area (Å²) >= 11 is 0. The zero-order valence-corrected chi connectivity index (χ0v) is 12.2. The van der Waals surface area contributed by atoms with Crippen LogP contribution in [0.1, 0.15) is 43.5 Å². The third-order valence-electron chi connectivity index (χ3n) is 4.58. The van der Waals surface area contributed by atoms with Crippen LogP contribution in [0.3, 0.4) is 0 Å². The number of benzene rings is 1. The Balaban J connectivity index is 2.26. The molecule has 2 aromatic rings. The van der Waals surface area contributed by atoms with Crippen molar-refractivity contribution in [3.63, 3.8) is 0 Å². The molecule has 0 radical (unpaired) electrons. The minimum Gasteiger partial charge on any atom is -0.368 e. The van der Waals surface area contributed by atoms with Crippen molar-refractivity contribution in [2.45, 2.75) is 45.1 Å². The summed E-state index contributed by atoms with van der Waals surface area (Å²) in [4.78, 5) is 14.7. The molecule has 1 atom stereocenters. The molecule has 0 aliphatic carbocycles. The van der Waals surface area contributed by atoms with Gasteiger partial charge >= 0.3 is 0 Å². The Labute approximate surface area is 119 Å². The highest BCUT2D eigenvalue weighted by Crippen LogP contribution is 2.41. The van der Waals surface area contributed by atoms with E-state index in [1.807, 2.05) is 0 Å². The largest absolute Gasteiger partial charge is 0.368 e. The van der Waals surface area contributed by atoms with Crippen LogP contribution in [-0.4, -0.2) is 17.9 Å². The quantitative estimate of drug-likeness (QED) is 0.865. The lowest BCUT2D eigenvalue weighted by atomic mass is 9.86. The van der Waals surface area contributed by atoms with Crippen molar-refractivity contribution in [1.29, 1.82) is 0 Å². The van der Waals surface area contributed by atoms with Gasteiger partial charge in [0.1, 0.15) is 11.9 Å². The first-order valence-corrected chi connectivity index (χ1v) is 7.46. The van der Waals surface area contributed by atoms with Crippen molar-refractivity contribution < 1.29 is 9.53 Å². The minimum absolute atomic E-state index is 0.421. The molecule has 0 unspecified atom stereocenters. The van der Waals surface area contributed by atoms with E-state index in [0.29, 0.717) is 13.0 Å². The highest BCUT2D eigenvalue weighted by molar-refractivity contribution is 5.88. The number of nitrogens with one attached hydrogen (secondary N) is 1. The van der Waals surface area contributed by atoms with E-state index < -0.39 is 5.60 Å². The van der Waals surface area contributed by atoms with Gasteiger partial charge in [-0.15, -0.1) is 0 Å². The molecule has 1 aliphatic heterocycles. The van der Waals surface area contributed by atoms with Gasteiger partial charge in [0.25, 0.3) is 0 Å². The monoisotopic (exact) mass is 271 g/mol. The third-order valence-corrected chi connectivity index (χ3v) is 4.58. The summed E-state index contributed by atoms with van der Waals surface area (Å²) in [6.07, 6.45) is 4.14. The van der Waals surface area contributed by atoms with Gasteiger partial charge in [0.05, 0.1) is 12.3 Å². The van der Waals surface area contributed by atoms with Gasteiger partial charge < -0.3 is 14.5 Å². The van der Waals surface area contributed by atoms with E-state index in [4.69, 9.17) is 4.74 Å². The first-order chi connectivity index (χ1) is 9.75. The number of para-hydroxylation sites is 1. The Kier molecular flexibility index (Phi) is 3.38. The third kappa shape index (κ3) is 1.80. The van der Waals surface area contributed by atoms with Crippen molar-refractivity contribution >= 4 is 17.2 Å². The molecule has 106 valence electrons. The number of aromatic amines is 1. The second-order valence-electron chi connectivity index (χ2n) is 5.49. The summed E-state index contributed by atoms with van der Waals surface area (Å²) in [5.41, 5.74) is 4.54. The molecule has 0 saturated carbocycles. The number of ether oxygens (including phenoxy) is 1. The van der Waals surface area contributed by atoms with Crippen LogP contribution in [0, 0.1) is 0 Å². The fraction of sp³-hybridized carbons (Fsp3) is 0.471. The first kappa shape index (κ1) is 13.4. The van der Waals surface area contributed by atoms with E-state index in [1.165, 1.54) is 22.0 Å². The number of hydrogen-bond donors (Lipinski definition) is 1. The zero-order valence-electron chi connectivity index (χ0n) is 12.2. The molecule has 1 N–H and O–H groups in total. The second kappa shape index (κ2) is 5.06. The van der Waals surface area contributed by atoms with Crippen LogP contribution >= 0.6 is 0 Å². The smallest absolute Gasteiger partial charge is 0.123 e. The molecule has 0 fully saturated rings. The first-order valence-electron chi connectivity index (χ1n) is 7.46. The summed E-state index contributed by atoms with van der Waals surface area (Å²) in [5, 5.41) is 1.30. The van der Waals surface area contributed by atoms with Crippen molar-refractivity contribution in [2.24, 2.45) is 0 Å². The fourth-order valence-corrected chi connectivity index (χ4v) is 3.42. The molecule has 20 heavy (non-hydrogen) atoms. The maximum Gasteiger partial charge on any atom is 0.123 e. The van der Waals surface area contributed by atoms with Crippen LogP contribution in [-0.2, 0) is 28.0 Å². The highest BCUT2D eigenvalue weighted by atomic mass is 16.5. The highest BCUT2D eigenvalue weighted by Gasteiger charge is 2.38. The van der Waals surface area contributed by atoms with Crippen molar-refractivity contribution in [2.75, 3.05) is 6.61 Å². The SMILES string of the molecule is CCc1cccc2c3c([nH]c12)[C@@](CC)(CC=O)OCC3. The van der Waals surface area contributed by atoms with E-state index in [0.717, 1.165) is 31.2 Å². The number of aromatic nitrogens is 1. The number of aldehydes is 1. The predicted octanol–water partition coefficient (Wildman–Crippen LogP) is 3.50. The van der Waals surface area contributed by atoms with E-state index in [1.54, 1.807) is 0 Å². The lowest BCUT2D eigenvalue weighted by molar-refractivity contribution is -0.119. The van der Waals surface area contributed by atoms with Crippen molar-refractivity contribution in [3.8, 4) is 0 Å². The molecule has 0 saturated heterocycles. The molecule has 2 heterocycles. The Hall–Kier alpha value is -1.61. The lowest BCUT2D eigenvalue weighted by Gasteiger charge is -2.35. The van der Waals surface area contributed by atoms with Crippen LogP contribution in [0.4, 0.5) is 0 Å². The van der Waals surface area contributed by atoms with E-state index in [2.05, 4.69) is 37.0 Å². The maximum atomic E-state index is 11.1. The average molecular weight is 271 g/mol. The van der Waals surface area contributed by atoms with Gasteiger partial charge in [-0.25, -0.2) is 0 Å². The maximum absolute atomic E-state index is 11.1. The molecular weight excluding hydrogens is 250 g/mol. The number of carbonyl (C=O) groups excluding carboxylic acids is 1. The lowest BCUT2D eigenvalue weighted by Crippen LogP contribution is -2.35. The normalized spacial score (nSPS) is 21.9. The minimum atomic E-state index is -0.459. The topological polar surface area (TPSA) is 42.1 Å². The Bertz CT molecular complexity index is 644. The fourth-order valence-electron chi connectivity index (χ4n) is 3.42. The Morgan fingerprint density at radius 3 is 2.95 bits per heavy atom. The molecule has 1 aromatic heterocycles. The number of aryl methyl sites for hydroxylation is 1. The van der Waals surface area contributed by atoms with E-state index in [-0.39, 0.29) is 0 Å². The van der Waals surface area contributed by atoms with Crippen LogP contribution in [0.2, 0.25) is 0 Å². The molecule has 3 rings (SSSR count). The summed E-state index contributed by atoms with van der Waals surface area (Å²) in [6, 6.07) is 6.47. The van der Waals surface area contributed by atoms with Crippen LogP contribution < -0.4 is 0 Å². The number of fused-ring (bicyclic) bond motifs is 3. The van der Waals surface area contributed by atoms with Gasteiger partial charge in [0, 0.05) is 17.3 Å². The van der Waals surface area contributed by atoms with Gasteiger partial charge in [-0.1, -0.05) is 32.0 Å². The summed E-state index contributed by atoms with van der Waals surface area (Å²) in [5.74, 6) is 0. The van der Waals surface area contributed by atoms with Gasteiger partial charge in [0.15, 0.2) is 0 Å². The number of H-pyrrole nitrogens is 1. The number of hydrogen-bond acceptors (Lipinski definition) is 2. The molecule has 0 amide bonds. The van der Waals surface area contributed by atoms with Gasteiger partial charge in [0.2, 0.25) is 0 Å². The Morgan fingerprint density at radius 1 is 1.40 bits per heavy atom. The second-order valence-corrected chi connectivity index (χ2v) is 5.49. The summed E-state index contributed by atoms with van der Waals surface area (Å²) in [7, 11) is 0. The predicted molar refractivity (Wildman–Crippen MR) is 80.0 cm³/mol. The van der Waals surface area contributed by atoms with Gasteiger partial charge in [-0.2, -0.15) is 0 Å². The average Bonchev–Trinajstić information content (AvgIpc) is 2.87. The van der Waals surface area contributed by atoms with Crippen LogP contribution in [0.25, 0.3) is 10.9 Å². The molecule has 0 spiro atoms. The molecule has 3 heteroatoms. The van der Waals surface area contributed by atoms with Crippen molar-refractivity contribution in [3.05, 3.63) is 35.0 Å². The van der Waals surface area contributed by atoms with Crippen molar-refractivity contribution in [1.82, 2.24) is 4.98 Å². The Morgan fingerprint density at radius 2 is 2.25 bits per heavy atom. The van der Waals surface area contributed by atoms with Gasteiger partial charge in [-0.05, 0) is 30.4 Å². The summed E-state index contributed by atoms with van der Waals surface area (Å²) in [6.45, 7) is 4.95. The van der Waals surface area contributed by atoms with Crippen LogP contribution in [0.5, 0.6) is 0 Å². The molecular formula is C17H21NO2. The molecule has 0 bridgehead atoms. The molecule has 1 aromatic carbocycles. The van der Waals surface area contributed by atoms with Gasteiger partial charge in [-0.3, -0.25) is 0 Å².